The van der Waals surface area contributed by atoms with Crippen molar-refractivity contribution in [1.29, 1.82) is 0 Å². The fraction of sp³-hybridized carbons (Fsp3) is 0.250. The molecule has 3 N–H and O–H groups in total. The minimum absolute atomic E-state index is 0. The first-order valence-electron chi connectivity index (χ1n) is 7.15. The standard InChI is InChI=1S/C16H18BrN3O3.ClH/c1-18-8-9-19-15(21)10-11-2-4-12(5-3-11)20-16(22)13-6-7-14(17)23-13;/h2-7,18H,8-10H2,1H3,(H,19,21)(H,20,22);1H. The van der Waals surface area contributed by atoms with E-state index >= 15 is 0 Å². The van der Waals surface area contributed by atoms with E-state index in [4.69, 9.17) is 4.42 Å². The maximum absolute atomic E-state index is 11.9. The highest BCUT2D eigenvalue weighted by molar-refractivity contribution is 9.10. The van der Waals surface area contributed by atoms with Crippen LogP contribution in [0.1, 0.15) is 16.1 Å². The van der Waals surface area contributed by atoms with Crippen LogP contribution in [0.4, 0.5) is 5.69 Å². The van der Waals surface area contributed by atoms with Gasteiger partial charge in [0.05, 0.1) is 6.42 Å². The van der Waals surface area contributed by atoms with Gasteiger partial charge in [-0.2, -0.15) is 0 Å². The smallest absolute Gasteiger partial charge is 0.291 e. The summed E-state index contributed by atoms with van der Waals surface area (Å²) >= 11 is 3.15. The van der Waals surface area contributed by atoms with Gasteiger partial charge in [-0.1, -0.05) is 12.1 Å². The molecule has 1 heterocycles. The number of anilines is 1. The molecule has 0 aliphatic rings. The summed E-state index contributed by atoms with van der Waals surface area (Å²) in [6.07, 6.45) is 0.309. The van der Waals surface area contributed by atoms with E-state index in [9.17, 15) is 9.59 Å². The van der Waals surface area contributed by atoms with Crippen molar-refractivity contribution in [2.45, 2.75) is 6.42 Å². The minimum Gasteiger partial charge on any atom is -0.444 e. The number of halogens is 2. The van der Waals surface area contributed by atoms with Crippen LogP contribution >= 0.6 is 28.3 Å². The second kappa shape index (κ2) is 10.1. The van der Waals surface area contributed by atoms with Crippen molar-refractivity contribution in [2.24, 2.45) is 0 Å². The van der Waals surface area contributed by atoms with Gasteiger partial charge in [0, 0.05) is 18.8 Å². The van der Waals surface area contributed by atoms with Crippen LogP contribution in [0.25, 0.3) is 0 Å². The summed E-state index contributed by atoms with van der Waals surface area (Å²) in [5.41, 5.74) is 1.52. The third kappa shape index (κ3) is 6.35. The van der Waals surface area contributed by atoms with E-state index < -0.39 is 0 Å². The maximum atomic E-state index is 11.9. The lowest BCUT2D eigenvalue weighted by atomic mass is 10.1. The molecule has 1 aromatic carbocycles. The summed E-state index contributed by atoms with van der Waals surface area (Å²) in [7, 11) is 1.83. The van der Waals surface area contributed by atoms with E-state index in [1.165, 1.54) is 0 Å². The lowest BCUT2D eigenvalue weighted by molar-refractivity contribution is -0.120. The molecule has 6 nitrogen and oxygen atoms in total. The number of amides is 2. The molecule has 0 aliphatic carbocycles. The summed E-state index contributed by atoms with van der Waals surface area (Å²) in [6.45, 7) is 1.34. The van der Waals surface area contributed by atoms with Crippen LogP contribution in [0.15, 0.2) is 45.5 Å². The lowest BCUT2D eigenvalue weighted by Gasteiger charge is -2.06. The van der Waals surface area contributed by atoms with Crippen LogP contribution in [-0.2, 0) is 11.2 Å². The first-order chi connectivity index (χ1) is 11.1. The Hall–Kier alpha value is -1.83. The number of rotatable bonds is 7. The molecule has 2 aromatic rings. The Balaban J connectivity index is 0.00000288. The fourth-order valence-electron chi connectivity index (χ4n) is 1.91. The van der Waals surface area contributed by atoms with Crippen LogP contribution in [0, 0.1) is 0 Å². The topological polar surface area (TPSA) is 83.4 Å². The van der Waals surface area contributed by atoms with Crippen molar-refractivity contribution in [2.75, 3.05) is 25.5 Å². The molecule has 0 aliphatic heterocycles. The molecule has 0 spiro atoms. The third-order valence-electron chi connectivity index (χ3n) is 3.07. The molecule has 24 heavy (non-hydrogen) atoms. The molecule has 130 valence electrons. The third-order valence-corrected chi connectivity index (χ3v) is 3.50. The van der Waals surface area contributed by atoms with Crippen LogP contribution < -0.4 is 16.0 Å². The molecule has 0 unspecified atom stereocenters. The predicted molar refractivity (Wildman–Crippen MR) is 98.7 cm³/mol. The molecule has 0 radical (unpaired) electrons. The second-order valence-corrected chi connectivity index (χ2v) is 5.67. The average Bonchev–Trinajstić information content (AvgIpc) is 2.96. The highest BCUT2D eigenvalue weighted by Gasteiger charge is 2.10. The molecule has 0 saturated carbocycles. The van der Waals surface area contributed by atoms with Crippen molar-refractivity contribution in [3.8, 4) is 0 Å². The highest BCUT2D eigenvalue weighted by atomic mass is 79.9. The van der Waals surface area contributed by atoms with Gasteiger partial charge in [0.25, 0.3) is 5.91 Å². The van der Waals surface area contributed by atoms with E-state index in [1.54, 1.807) is 24.3 Å². The van der Waals surface area contributed by atoms with E-state index in [1.807, 2.05) is 19.2 Å². The molecule has 2 amide bonds. The minimum atomic E-state index is -0.326. The van der Waals surface area contributed by atoms with Crippen molar-refractivity contribution in [1.82, 2.24) is 10.6 Å². The zero-order chi connectivity index (χ0) is 16.7. The summed E-state index contributed by atoms with van der Waals surface area (Å²) in [5, 5.41) is 8.51. The van der Waals surface area contributed by atoms with E-state index in [0.717, 1.165) is 12.1 Å². The van der Waals surface area contributed by atoms with Gasteiger partial charge in [0.1, 0.15) is 0 Å². The van der Waals surface area contributed by atoms with E-state index in [-0.39, 0.29) is 30.0 Å². The molecule has 0 fully saturated rings. The quantitative estimate of drug-likeness (QED) is 0.606. The number of hydrogen-bond donors (Lipinski definition) is 3. The van der Waals surface area contributed by atoms with Crippen LogP contribution in [0.3, 0.4) is 0 Å². The number of benzene rings is 1. The summed E-state index contributed by atoms with van der Waals surface area (Å²) < 4.78 is 5.69. The van der Waals surface area contributed by atoms with Crippen molar-refractivity contribution in [3.05, 3.63) is 52.4 Å². The van der Waals surface area contributed by atoms with Gasteiger partial charge < -0.3 is 20.4 Å². The fourth-order valence-corrected chi connectivity index (χ4v) is 2.22. The molecular formula is C16H19BrClN3O3. The van der Waals surface area contributed by atoms with Gasteiger partial charge in [-0.25, -0.2) is 0 Å². The van der Waals surface area contributed by atoms with Crippen LogP contribution in [0.5, 0.6) is 0 Å². The van der Waals surface area contributed by atoms with Gasteiger partial charge in [-0.05, 0) is 52.8 Å². The predicted octanol–water partition coefficient (Wildman–Crippen LogP) is 2.59. The highest BCUT2D eigenvalue weighted by Crippen LogP contribution is 2.16. The summed E-state index contributed by atoms with van der Waals surface area (Å²) in [6, 6.07) is 10.4. The second-order valence-electron chi connectivity index (χ2n) is 4.89. The van der Waals surface area contributed by atoms with Gasteiger partial charge in [0.15, 0.2) is 10.4 Å². The van der Waals surface area contributed by atoms with Gasteiger partial charge in [-0.15, -0.1) is 12.4 Å². The normalized spacial score (nSPS) is 9.92. The Morgan fingerprint density at radius 2 is 1.79 bits per heavy atom. The number of hydrogen-bond acceptors (Lipinski definition) is 4. The Labute approximate surface area is 154 Å². The van der Waals surface area contributed by atoms with E-state index in [2.05, 4.69) is 31.9 Å². The number of carbonyl (C=O) groups excluding carboxylic acids is 2. The molecule has 2 rings (SSSR count). The SMILES string of the molecule is CNCCNC(=O)Cc1ccc(NC(=O)c2ccc(Br)o2)cc1.Cl. The Bertz CT molecular complexity index is 673. The molecular weight excluding hydrogens is 398 g/mol. The largest absolute Gasteiger partial charge is 0.444 e. The number of furan rings is 1. The first-order valence-corrected chi connectivity index (χ1v) is 7.94. The van der Waals surface area contributed by atoms with Crippen molar-refractivity contribution >= 4 is 45.8 Å². The maximum Gasteiger partial charge on any atom is 0.291 e. The monoisotopic (exact) mass is 415 g/mol. The Kier molecular flexibility index (Phi) is 8.53. The van der Waals surface area contributed by atoms with Gasteiger partial charge in [0.2, 0.25) is 5.91 Å². The van der Waals surface area contributed by atoms with Crippen LogP contribution in [-0.4, -0.2) is 32.0 Å². The number of carbonyl (C=O) groups is 2. The number of nitrogens with one attached hydrogen (secondary N) is 3. The zero-order valence-corrected chi connectivity index (χ0v) is 15.5. The first kappa shape index (κ1) is 20.2. The van der Waals surface area contributed by atoms with Crippen molar-refractivity contribution in [3.63, 3.8) is 0 Å². The summed E-state index contributed by atoms with van der Waals surface area (Å²) in [5.74, 6) is -0.129. The van der Waals surface area contributed by atoms with Gasteiger partial charge in [-0.3, -0.25) is 9.59 Å². The Morgan fingerprint density at radius 1 is 1.08 bits per heavy atom. The molecule has 8 heteroatoms. The van der Waals surface area contributed by atoms with Gasteiger partial charge >= 0.3 is 0 Å². The van der Waals surface area contributed by atoms with Crippen molar-refractivity contribution < 1.29 is 14.0 Å². The van der Waals surface area contributed by atoms with E-state index in [0.29, 0.717) is 23.3 Å². The molecule has 1 aromatic heterocycles. The molecule has 0 saturated heterocycles. The number of likely N-dealkylation sites (N-methyl/N-ethyl adjacent to an activating group) is 1. The summed E-state index contributed by atoms with van der Waals surface area (Å²) in [4.78, 5) is 23.7. The Morgan fingerprint density at radius 3 is 2.38 bits per heavy atom. The molecule has 0 atom stereocenters. The average molecular weight is 417 g/mol. The zero-order valence-electron chi connectivity index (χ0n) is 13.1. The lowest BCUT2D eigenvalue weighted by Crippen LogP contribution is -2.31. The van der Waals surface area contributed by atoms with Crippen LogP contribution in [0.2, 0.25) is 0 Å². The molecule has 0 bridgehead atoms.